The lowest BCUT2D eigenvalue weighted by atomic mass is 9.64. The zero-order valence-corrected chi connectivity index (χ0v) is 16.8. The molecule has 0 fully saturated rings. The summed E-state index contributed by atoms with van der Waals surface area (Å²) in [5.74, 6) is 0. The summed E-state index contributed by atoms with van der Waals surface area (Å²) < 4.78 is 6.55. The summed E-state index contributed by atoms with van der Waals surface area (Å²) in [6, 6.07) is 0. The molecule has 1 N–H and O–H groups in total. The first-order chi connectivity index (χ1) is 8.93. The Labute approximate surface area is 134 Å². The summed E-state index contributed by atoms with van der Waals surface area (Å²) in [6.07, 6.45) is 2.03. The van der Waals surface area contributed by atoms with E-state index in [1.165, 1.54) is 0 Å². The minimum atomic E-state index is -0.149. The Morgan fingerprint density at radius 2 is 1.05 bits per heavy atom. The van der Waals surface area contributed by atoms with Crippen molar-refractivity contribution in [2.24, 2.45) is 10.8 Å². The van der Waals surface area contributed by atoms with Gasteiger partial charge in [-0.3, -0.25) is 0 Å². The summed E-state index contributed by atoms with van der Waals surface area (Å²) >= 11 is 0. The second-order valence-electron chi connectivity index (χ2n) is 10.2. The van der Waals surface area contributed by atoms with Crippen molar-refractivity contribution < 1.29 is 4.74 Å². The van der Waals surface area contributed by atoms with Gasteiger partial charge in [-0.25, -0.2) is 0 Å². The van der Waals surface area contributed by atoms with E-state index in [1.54, 1.807) is 0 Å². The fourth-order valence-electron chi connectivity index (χ4n) is 3.30. The minimum absolute atomic E-state index is 0.0825. The third-order valence-electron chi connectivity index (χ3n) is 5.00. The first kappa shape index (κ1) is 20.9. The van der Waals surface area contributed by atoms with Gasteiger partial charge in [-0.2, -0.15) is 0 Å². The van der Waals surface area contributed by atoms with Gasteiger partial charge in [0.1, 0.15) is 0 Å². The van der Waals surface area contributed by atoms with E-state index < -0.39 is 0 Å². The van der Waals surface area contributed by atoms with Gasteiger partial charge < -0.3 is 10.1 Å². The summed E-state index contributed by atoms with van der Waals surface area (Å²) in [6.45, 7) is 25.0. The molecule has 0 saturated carbocycles. The maximum absolute atomic E-state index is 6.55. The third-order valence-corrected chi connectivity index (χ3v) is 5.00. The van der Waals surface area contributed by atoms with Gasteiger partial charge in [0.05, 0.1) is 11.2 Å². The Hall–Kier alpha value is -0.0800. The zero-order chi connectivity index (χ0) is 17.3. The number of ether oxygens (including phenoxy) is 1. The van der Waals surface area contributed by atoms with Crippen LogP contribution in [-0.4, -0.2) is 23.8 Å². The summed E-state index contributed by atoms with van der Waals surface area (Å²) in [7, 11) is 2.02. The Kier molecular flexibility index (Phi) is 6.17. The molecule has 0 rings (SSSR count). The Morgan fingerprint density at radius 1 is 0.667 bits per heavy atom. The van der Waals surface area contributed by atoms with Crippen molar-refractivity contribution in [2.75, 3.05) is 7.05 Å². The predicted octanol–water partition coefficient (Wildman–Crippen LogP) is 5.41. The molecule has 0 bridgehead atoms. The first-order valence-corrected chi connectivity index (χ1v) is 8.32. The van der Waals surface area contributed by atoms with Crippen LogP contribution in [0, 0.1) is 10.8 Å². The molecule has 0 radical (unpaired) electrons. The molecule has 0 heterocycles. The summed E-state index contributed by atoms with van der Waals surface area (Å²) in [4.78, 5) is 0. The van der Waals surface area contributed by atoms with E-state index in [0.717, 1.165) is 12.8 Å². The Balaban J connectivity index is 4.96. The van der Waals surface area contributed by atoms with Gasteiger partial charge >= 0.3 is 0 Å². The summed E-state index contributed by atoms with van der Waals surface area (Å²) in [5.41, 5.74) is 0.292. The van der Waals surface area contributed by atoms with E-state index in [4.69, 9.17) is 4.74 Å². The minimum Gasteiger partial charge on any atom is -0.370 e. The van der Waals surface area contributed by atoms with Gasteiger partial charge in [0.15, 0.2) is 0 Å². The van der Waals surface area contributed by atoms with Crippen LogP contribution in [0.5, 0.6) is 0 Å². The van der Waals surface area contributed by atoms with Gasteiger partial charge in [-0.15, -0.1) is 0 Å². The molecule has 0 saturated heterocycles. The third kappa shape index (κ3) is 7.15. The second kappa shape index (κ2) is 6.20. The van der Waals surface area contributed by atoms with Gasteiger partial charge in [0, 0.05) is 5.54 Å². The highest BCUT2D eigenvalue weighted by Crippen LogP contribution is 2.45. The van der Waals surface area contributed by atoms with Crippen molar-refractivity contribution in [3.8, 4) is 0 Å². The lowest BCUT2D eigenvalue weighted by Crippen LogP contribution is -2.48. The SMILES string of the molecule is CNC(C)(C)CC(C)(C)OC(C)(C)CC(C)(C)C(C)(C)C. The maximum atomic E-state index is 6.55. The van der Waals surface area contributed by atoms with E-state index >= 15 is 0 Å². The van der Waals surface area contributed by atoms with Crippen LogP contribution in [0.3, 0.4) is 0 Å². The topological polar surface area (TPSA) is 21.3 Å². The molecule has 2 nitrogen and oxygen atoms in total. The van der Waals surface area contributed by atoms with Crippen LogP contribution in [0.25, 0.3) is 0 Å². The van der Waals surface area contributed by atoms with Gasteiger partial charge in [-0.1, -0.05) is 34.6 Å². The largest absolute Gasteiger partial charge is 0.370 e. The van der Waals surface area contributed by atoms with Crippen LogP contribution >= 0.6 is 0 Å². The average Bonchev–Trinajstić information content (AvgIpc) is 2.09. The van der Waals surface area contributed by atoms with Crippen LogP contribution in [0.15, 0.2) is 0 Å². The Morgan fingerprint density at radius 3 is 1.38 bits per heavy atom. The van der Waals surface area contributed by atoms with Crippen molar-refractivity contribution in [2.45, 2.75) is 106 Å². The van der Waals surface area contributed by atoms with E-state index in [-0.39, 0.29) is 27.6 Å². The van der Waals surface area contributed by atoms with Crippen LogP contribution in [0.2, 0.25) is 0 Å². The lowest BCUT2D eigenvalue weighted by Gasteiger charge is -2.47. The quantitative estimate of drug-likeness (QED) is 0.678. The highest BCUT2D eigenvalue weighted by molar-refractivity contribution is 4.92. The van der Waals surface area contributed by atoms with E-state index in [9.17, 15) is 0 Å². The smallest absolute Gasteiger partial charge is 0.0651 e. The standard InChI is InChI=1S/C19H41NO/c1-15(2,3)16(4,5)13-18(8,9)21-19(10,11)14-17(6,7)20-12/h20H,13-14H2,1-12H3. The summed E-state index contributed by atoms with van der Waals surface area (Å²) in [5, 5.41) is 3.38. The van der Waals surface area contributed by atoms with Crippen LogP contribution < -0.4 is 5.32 Å². The highest BCUT2D eigenvalue weighted by Gasteiger charge is 2.41. The van der Waals surface area contributed by atoms with Crippen molar-refractivity contribution in [3.63, 3.8) is 0 Å². The molecular weight excluding hydrogens is 258 g/mol. The van der Waals surface area contributed by atoms with Crippen molar-refractivity contribution in [3.05, 3.63) is 0 Å². The number of nitrogens with one attached hydrogen (secondary N) is 1. The molecule has 21 heavy (non-hydrogen) atoms. The number of hydrogen-bond acceptors (Lipinski definition) is 2. The number of hydrogen-bond donors (Lipinski definition) is 1. The molecule has 0 aliphatic rings. The maximum Gasteiger partial charge on any atom is 0.0651 e. The lowest BCUT2D eigenvalue weighted by molar-refractivity contribution is -0.155. The monoisotopic (exact) mass is 299 g/mol. The predicted molar refractivity (Wildman–Crippen MR) is 94.9 cm³/mol. The molecule has 0 atom stereocenters. The number of rotatable bonds is 7. The molecule has 2 heteroatoms. The van der Waals surface area contributed by atoms with Crippen LogP contribution in [0.4, 0.5) is 0 Å². The van der Waals surface area contributed by atoms with Crippen molar-refractivity contribution in [1.29, 1.82) is 0 Å². The zero-order valence-electron chi connectivity index (χ0n) is 16.8. The highest BCUT2D eigenvalue weighted by atomic mass is 16.5. The van der Waals surface area contributed by atoms with Gasteiger partial charge in [0.2, 0.25) is 0 Å². The van der Waals surface area contributed by atoms with Gasteiger partial charge in [0.25, 0.3) is 0 Å². The molecule has 0 aromatic carbocycles. The Bertz CT molecular complexity index is 332. The normalized spacial score (nSPS) is 15.4. The van der Waals surface area contributed by atoms with E-state index in [0.29, 0.717) is 0 Å². The molecule has 0 aliphatic carbocycles. The fraction of sp³-hybridized carbons (Fsp3) is 1.00. The second-order valence-corrected chi connectivity index (χ2v) is 10.2. The van der Waals surface area contributed by atoms with E-state index in [1.807, 2.05) is 7.05 Å². The van der Waals surface area contributed by atoms with Crippen LogP contribution in [0.1, 0.15) is 89.0 Å². The molecular formula is C19H41NO. The molecule has 0 unspecified atom stereocenters. The molecule has 0 amide bonds. The van der Waals surface area contributed by atoms with E-state index in [2.05, 4.69) is 81.5 Å². The van der Waals surface area contributed by atoms with Gasteiger partial charge in [-0.05, 0) is 72.3 Å². The average molecular weight is 300 g/mol. The molecule has 0 aliphatic heterocycles. The molecule has 128 valence electrons. The molecule has 0 aromatic rings. The van der Waals surface area contributed by atoms with Crippen LogP contribution in [-0.2, 0) is 4.74 Å². The van der Waals surface area contributed by atoms with Crippen molar-refractivity contribution in [1.82, 2.24) is 5.32 Å². The fourth-order valence-corrected chi connectivity index (χ4v) is 3.30. The molecule has 0 aromatic heterocycles. The molecule has 0 spiro atoms. The van der Waals surface area contributed by atoms with Crippen molar-refractivity contribution >= 4 is 0 Å². The first-order valence-electron chi connectivity index (χ1n) is 8.32.